The molecule has 35 heavy (non-hydrogen) atoms. The molecule has 2 amide bonds. The number of methoxy groups -OCH3 is 2. The van der Waals surface area contributed by atoms with E-state index in [9.17, 15) is 9.59 Å². The number of ether oxygens (including phenoxy) is 2. The van der Waals surface area contributed by atoms with Gasteiger partial charge in [0, 0.05) is 23.4 Å². The third-order valence-electron chi connectivity index (χ3n) is 7.06. The first-order valence-corrected chi connectivity index (χ1v) is 13.7. The van der Waals surface area contributed by atoms with Crippen LogP contribution < -0.4 is 9.47 Å². The van der Waals surface area contributed by atoms with Gasteiger partial charge in [-0.2, -0.15) is 0 Å². The van der Waals surface area contributed by atoms with Crippen molar-refractivity contribution >= 4 is 23.2 Å². The number of carbonyl (C=O) groups is 2. The van der Waals surface area contributed by atoms with Gasteiger partial charge >= 0.3 is 0 Å². The van der Waals surface area contributed by atoms with Gasteiger partial charge in [0.15, 0.2) is 11.5 Å². The molecule has 3 rings (SSSR count). The van der Waals surface area contributed by atoms with Crippen LogP contribution in [-0.2, 0) is 22.6 Å². The van der Waals surface area contributed by atoms with E-state index in [-0.39, 0.29) is 30.3 Å². The first-order chi connectivity index (χ1) is 17.0. The zero-order chi connectivity index (χ0) is 25.2. The van der Waals surface area contributed by atoms with Gasteiger partial charge < -0.3 is 19.3 Å². The van der Waals surface area contributed by atoms with Gasteiger partial charge in [0.25, 0.3) is 0 Å². The Morgan fingerprint density at radius 1 is 1.09 bits per heavy atom. The summed E-state index contributed by atoms with van der Waals surface area (Å²) in [5.74, 6) is 1.59. The zero-order valence-corrected chi connectivity index (χ0v) is 22.4. The van der Waals surface area contributed by atoms with Crippen molar-refractivity contribution in [1.29, 1.82) is 0 Å². The smallest absolute Gasteiger partial charge is 0.242 e. The second-order valence-electron chi connectivity index (χ2n) is 9.39. The van der Waals surface area contributed by atoms with Crippen molar-refractivity contribution in [3.05, 3.63) is 46.2 Å². The largest absolute Gasteiger partial charge is 0.493 e. The van der Waals surface area contributed by atoms with Crippen LogP contribution in [0.5, 0.6) is 11.5 Å². The Balaban J connectivity index is 1.74. The van der Waals surface area contributed by atoms with Crippen LogP contribution >= 0.6 is 11.3 Å². The lowest BCUT2D eigenvalue weighted by Gasteiger charge is -2.34. The van der Waals surface area contributed by atoms with Gasteiger partial charge in [-0.05, 0) is 61.7 Å². The number of carbonyl (C=O) groups excluding carboxylic acids is 2. The van der Waals surface area contributed by atoms with E-state index in [4.69, 9.17) is 9.47 Å². The van der Waals surface area contributed by atoms with E-state index < -0.39 is 0 Å². The maximum absolute atomic E-state index is 13.6. The molecule has 0 bridgehead atoms. The summed E-state index contributed by atoms with van der Waals surface area (Å²) in [5, 5.41) is 2.03. The molecular weight excluding hydrogens is 460 g/mol. The van der Waals surface area contributed by atoms with E-state index in [0.717, 1.165) is 42.5 Å². The Morgan fingerprint density at radius 3 is 2.46 bits per heavy atom. The van der Waals surface area contributed by atoms with Crippen LogP contribution in [0.25, 0.3) is 0 Å². The maximum Gasteiger partial charge on any atom is 0.242 e. The normalized spacial score (nSPS) is 14.9. The lowest BCUT2D eigenvalue weighted by atomic mass is 9.88. The van der Waals surface area contributed by atoms with Crippen molar-refractivity contribution in [3.8, 4) is 11.5 Å². The number of benzene rings is 1. The predicted octanol–water partition coefficient (Wildman–Crippen LogP) is 5.54. The summed E-state index contributed by atoms with van der Waals surface area (Å²) in [6, 6.07) is 9.98. The van der Waals surface area contributed by atoms with Gasteiger partial charge in [-0.25, -0.2) is 0 Å². The van der Waals surface area contributed by atoms with Crippen LogP contribution in [-0.4, -0.2) is 55.0 Å². The molecule has 1 aromatic heterocycles. The topological polar surface area (TPSA) is 59.1 Å². The molecule has 0 N–H and O–H groups in total. The molecule has 1 atom stereocenters. The standard InChI is InChI=1S/C28H40N2O4S/c1-5-21(2)30(28(32)23-10-7-6-8-11-23)20-27(31)29(19-24-12-9-17-35-24)16-15-22-13-14-25(33-3)26(18-22)34-4/h9,12-14,17-18,21,23H,5-8,10-11,15-16,19-20H2,1-4H3. The Hall–Kier alpha value is -2.54. The number of hydrogen-bond donors (Lipinski definition) is 0. The second kappa shape index (κ2) is 13.5. The maximum atomic E-state index is 13.6. The van der Waals surface area contributed by atoms with E-state index in [0.29, 0.717) is 31.0 Å². The van der Waals surface area contributed by atoms with Gasteiger partial charge in [0.05, 0.1) is 20.8 Å². The predicted molar refractivity (Wildman–Crippen MR) is 141 cm³/mol. The van der Waals surface area contributed by atoms with Gasteiger partial charge in [0.2, 0.25) is 11.8 Å². The van der Waals surface area contributed by atoms with Gasteiger partial charge in [-0.1, -0.05) is 38.3 Å². The molecule has 1 aromatic carbocycles. The number of amides is 2. The van der Waals surface area contributed by atoms with Crippen molar-refractivity contribution in [2.24, 2.45) is 5.92 Å². The van der Waals surface area contributed by atoms with Crippen LogP contribution in [0.1, 0.15) is 62.8 Å². The lowest BCUT2D eigenvalue weighted by molar-refractivity contribution is -0.146. The molecule has 1 fully saturated rings. The zero-order valence-electron chi connectivity index (χ0n) is 21.6. The average Bonchev–Trinajstić information content (AvgIpc) is 3.42. The fraction of sp³-hybridized carbons (Fsp3) is 0.571. The monoisotopic (exact) mass is 500 g/mol. The molecule has 0 radical (unpaired) electrons. The second-order valence-corrected chi connectivity index (χ2v) is 10.4. The fourth-order valence-electron chi connectivity index (χ4n) is 4.68. The minimum atomic E-state index is 0.00309. The summed E-state index contributed by atoms with van der Waals surface area (Å²) >= 11 is 1.65. The Bertz CT molecular complexity index is 940. The van der Waals surface area contributed by atoms with E-state index in [2.05, 4.69) is 19.9 Å². The van der Waals surface area contributed by atoms with E-state index in [1.165, 1.54) is 6.42 Å². The van der Waals surface area contributed by atoms with Crippen LogP contribution in [0.4, 0.5) is 0 Å². The molecule has 192 valence electrons. The number of thiophene rings is 1. The van der Waals surface area contributed by atoms with E-state index in [1.54, 1.807) is 25.6 Å². The molecular formula is C28H40N2O4S. The molecule has 1 aliphatic carbocycles. The number of hydrogen-bond acceptors (Lipinski definition) is 5. The van der Waals surface area contributed by atoms with Gasteiger partial charge in [-0.15, -0.1) is 11.3 Å². The van der Waals surface area contributed by atoms with Crippen molar-refractivity contribution in [3.63, 3.8) is 0 Å². The summed E-state index contributed by atoms with van der Waals surface area (Å²) in [6.07, 6.45) is 6.83. The van der Waals surface area contributed by atoms with Crippen LogP contribution in [0, 0.1) is 5.92 Å². The van der Waals surface area contributed by atoms with Crippen molar-refractivity contribution in [2.45, 2.75) is 71.4 Å². The first-order valence-electron chi connectivity index (χ1n) is 12.8. The quantitative estimate of drug-likeness (QED) is 0.384. The molecule has 1 heterocycles. The van der Waals surface area contributed by atoms with Crippen LogP contribution in [0.3, 0.4) is 0 Å². The summed E-state index contributed by atoms with van der Waals surface area (Å²) in [7, 11) is 3.25. The summed E-state index contributed by atoms with van der Waals surface area (Å²) < 4.78 is 10.8. The molecule has 6 nitrogen and oxygen atoms in total. The molecule has 0 aliphatic heterocycles. The highest BCUT2D eigenvalue weighted by Gasteiger charge is 2.31. The Labute approximate surface area is 214 Å². The Kier molecular flexibility index (Phi) is 10.5. The van der Waals surface area contributed by atoms with E-state index in [1.807, 2.05) is 39.4 Å². The minimum absolute atomic E-state index is 0.00309. The van der Waals surface area contributed by atoms with E-state index >= 15 is 0 Å². The fourth-order valence-corrected chi connectivity index (χ4v) is 5.40. The third kappa shape index (κ3) is 7.47. The van der Waals surface area contributed by atoms with Crippen LogP contribution in [0.2, 0.25) is 0 Å². The summed E-state index contributed by atoms with van der Waals surface area (Å²) in [5.41, 5.74) is 1.07. The molecule has 1 aliphatic rings. The van der Waals surface area contributed by atoms with Crippen molar-refractivity contribution in [2.75, 3.05) is 27.3 Å². The SMILES string of the molecule is CCC(C)N(CC(=O)N(CCc1ccc(OC)c(OC)c1)Cc1cccs1)C(=O)C1CCCCC1. The van der Waals surface area contributed by atoms with Gasteiger partial charge in [0.1, 0.15) is 6.54 Å². The average molecular weight is 501 g/mol. The molecule has 0 spiro atoms. The highest BCUT2D eigenvalue weighted by atomic mass is 32.1. The summed E-state index contributed by atoms with van der Waals surface area (Å²) in [4.78, 5) is 31.9. The minimum Gasteiger partial charge on any atom is -0.493 e. The lowest BCUT2D eigenvalue weighted by Crippen LogP contribution is -2.49. The molecule has 1 saturated carbocycles. The highest BCUT2D eigenvalue weighted by molar-refractivity contribution is 7.09. The molecule has 0 saturated heterocycles. The number of nitrogens with zero attached hydrogens (tertiary/aromatic N) is 2. The van der Waals surface area contributed by atoms with Crippen molar-refractivity contribution < 1.29 is 19.1 Å². The number of rotatable bonds is 12. The summed E-state index contributed by atoms with van der Waals surface area (Å²) in [6.45, 7) is 5.40. The molecule has 7 heteroatoms. The third-order valence-corrected chi connectivity index (χ3v) is 7.92. The highest BCUT2D eigenvalue weighted by Crippen LogP contribution is 2.28. The molecule has 2 aromatic rings. The molecule has 1 unspecified atom stereocenters. The first kappa shape index (κ1) is 27.1. The van der Waals surface area contributed by atoms with Crippen LogP contribution in [0.15, 0.2) is 35.7 Å². The van der Waals surface area contributed by atoms with Gasteiger partial charge in [-0.3, -0.25) is 9.59 Å². The van der Waals surface area contributed by atoms with Crippen molar-refractivity contribution in [1.82, 2.24) is 9.80 Å². The Morgan fingerprint density at radius 2 is 1.83 bits per heavy atom.